The van der Waals surface area contributed by atoms with Crippen molar-refractivity contribution in [2.75, 3.05) is 6.61 Å². The molecule has 0 radical (unpaired) electrons. The summed E-state index contributed by atoms with van der Waals surface area (Å²) in [5.74, 6) is -0.406. The zero-order valence-electron chi connectivity index (χ0n) is 7.15. The van der Waals surface area contributed by atoms with Crippen molar-refractivity contribution in [3.8, 4) is 0 Å². The van der Waals surface area contributed by atoms with Gasteiger partial charge in [0.05, 0.1) is 12.3 Å². The van der Waals surface area contributed by atoms with Crippen LogP contribution in [-0.4, -0.2) is 24.0 Å². The number of esters is 1. The summed E-state index contributed by atoms with van der Waals surface area (Å²) >= 11 is 0. The van der Waals surface area contributed by atoms with Gasteiger partial charge in [0, 0.05) is 5.57 Å². The molecule has 0 saturated heterocycles. The maximum atomic E-state index is 11.3. The first-order valence-corrected chi connectivity index (χ1v) is 4.05. The van der Waals surface area contributed by atoms with Gasteiger partial charge in [-0.25, -0.2) is 4.79 Å². The monoisotopic (exact) mass is 176 g/mol. The highest BCUT2D eigenvalue weighted by atomic mass is 16.5. The first-order valence-electron chi connectivity index (χ1n) is 4.05. The lowest BCUT2D eigenvalue weighted by atomic mass is 10.1. The van der Waals surface area contributed by atoms with Gasteiger partial charge in [-0.1, -0.05) is 12.2 Å². The first-order chi connectivity index (χ1) is 6.33. The number of allylic oxidation sites excluding steroid dienone is 3. The average molecular weight is 176 g/mol. The third-order valence-electron chi connectivity index (χ3n) is 1.77. The molecule has 4 nitrogen and oxygen atoms in total. The van der Waals surface area contributed by atoms with Crippen LogP contribution in [0, 0.1) is 0 Å². The quantitative estimate of drug-likeness (QED) is 0.586. The summed E-state index contributed by atoms with van der Waals surface area (Å²) < 4.78 is 4.82. The van der Waals surface area contributed by atoms with E-state index >= 15 is 0 Å². The van der Waals surface area contributed by atoms with Gasteiger partial charge in [0.15, 0.2) is 5.71 Å². The van der Waals surface area contributed by atoms with Crippen molar-refractivity contribution < 1.29 is 9.53 Å². The molecule has 0 spiro atoms. The lowest BCUT2D eigenvalue weighted by Gasteiger charge is -2.00. The minimum atomic E-state index is -0.406. The van der Waals surface area contributed by atoms with Gasteiger partial charge in [0.2, 0.25) is 0 Å². The van der Waals surface area contributed by atoms with Crippen LogP contribution in [0.4, 0.5) is 0 Å². The van der Waals surface area contributed by atoms with Gasteiger partial charge in [0.25, 0.3) is 0 Å². The Morgan fingerprint density at radius 3 is 3.15 bits per heavy atom. The molecule has 2 aliphatic rings. The molecule has 0 unspecified atom stereocenters. The molecule has 0 bridgehead atoms. The third-order valence-corrected chi connectivity index (χ3v) is 1.77. The van der Waals surface area contributed by atoms with Gasteiger partial charge >= 0.3 is 5.97 Å². The van der Waals surface area contributed by atoms with Crippen LogP contribution in [0.1, 0.15) is 6.92 Å². The van der Waals surface area contributed by atoms with Gasteiger partial charge < -0.3 is 4.74 Å². The molecule has 1 aliphatic heterocycles. The number of ether oxygens (including phenoxy) is 1. The maximum Gasteiger partial charge on any atom is 0.359 e. The molecule has 2 rings (SSSR count). The average Bonchev–Trinajstić information content (AvgIpc) is 2.62. The summed E-state index contributed by atoms with van der Waals surface area (Å²) in [4.78, 5) is 11.3. The molecule has 0 atom stereocenters. The van der Waals surface area contributed by atoms with Crippen molar-refractivity contribution in [3.05, 3.63) is 23.8 Å². The molecule has 1 aliphatic carbocycles. The fourth-order valence-electron chi connectivity index (χ4n) is 1.21. The van der Waals surface area contributed by atoms with E-state index in [2.05, 4.69) is 10.2 Å². The van der Waals surface area contributed by atoms with Crippen LogP contribution in [0.15, 0.2) is 34.0 Å². The Morgan fingerprint density at radius 1 is 1.54 bits per heavy atom. The van der Waals surface area contributed by atoms with E-state index in [1.165, 1.54) is 0 Å². The van der Waals surface area contributed by atoms with E-state index < -0.39 is 5.97 Å². The fraction of sp³-hybridized carbons (Fsp3) is 0.222. The molecule has 0 fully saturated rings. The summed E-state index contributed by atoms with van der Waals surface area (Å²) in [6, 6.07) is 0. The smallest absolute Gasteiger partial charge is 0.359 e. The predicted molar refractivity (Wildman–Crippen MR) is 48.7 cm³/mol. The van der Waals surface area contributed by atoms with Gasteiger partial charge in [-0.05, 0) is 13.0 Å². The summed E-state index contributed by atoms with van der Waals surface area (Å²) in [6.07, 6.45) is 5.45. The highest BCUT2D eigenvalue weighted by Crippen LogP contribution is 2.17. The van der Waals surface area contributed by atoms with Gasteiger partial charge in [-0.3, -0.25) is 0 Å². The molecule has 0 aromatic heterocycles. The molecular formula is C9H8N2O2. The van der Waals surface area contributed by atoms with E-state index in [1.54, 1.807) is 6.92 Å². The van der Waals surface area contributed by atoms with Crippen LogP contribution in [0.5, 0.6) is 0 Å². The Morgan fingerprint density at radius 2 is 2.38 bits per heavy atom. The van der Waals surface area contributed by atoms with Crippen molar-refractivity contribution in [1.29, 1.82) is 0 Å². The SMILES string of the molecule is CCOC(=O)C1=NN=C2C=CC=C21. The fourth-order valence-corrected chi connectivity index (χ4v) is 1.21. The normalized spacial score (nSPS) is 17.8. The first kappa shape index (κ1) is 7.91. The van der Waals surface area contributed by atoms with Crippen LogP contribution in [-0.2, 0) is 9.53 Å². The maximum absolute atomic E-state index is 11.3. The van der Waals surface area contributed by atoms with E-state index in [0.29, 0.717) is 12.3 Å². The standard InChI is InChI=1S/C9H8N2O2/c1-2-13-9(12)8-6-4-3-5-7(6)10-11-8/h3-5H,2H2,1H3. The Kier molecular flexibility index (Phi) is 1.81. The lowest BCUT2D eigenvalue weighted by molar-refractivity contribution is -0.134. The summed E-state index contributed by atoms with van der Waals surface area (Å²) in [5, 5.41) is 7.58. The van der Waals surface area contributed by atoms with Crippen LogP contribution < -0.4 is 0 Å². The molecule has 0 N–H and O–H groups in total. The van der Waals surface area contributed by atoms with Crippen molar-refractivity contribution in [2.24, 2.45) is 10.2 Å². The minimum absolute atomic E-state index is 0.307. The van der Waals surface area contributed by atoms with Crippen LogP contribution >= 0.6 is 0 Å². The van der Waals surface area contributed by atoms with Crippen LogP contribution in [0.3, 0.4) is 0 Å². The van der Waals surface area contributed by atoms with Crippen LogP contribution in [0.25, 0.3) is 0 Å². The van der Waals surface area contributed by atoms with Crippen molar-refractivity contribution >= 4 is 17.4 Å². The number of nitrogens with zero attached hydrogens (tertiary/aromatic N) is 2. The number of carbonyl (C=O) groups excluding carboxylic acids is 1. The molecule has 66 valence electrons. The molecule has 13 heavy (non-hydrogen) atoms. The zero-order valence-corrected chi connectivity index (χ0v) is 7.15. The Bertz CT molecular complexity index is 375. The topological polar surface area (TPSA) is 51.0 Å². The predicted octanol–water partition coefficient (Wildman–Crippen LogP) is 0.856. The molecule has 0 aromatic rings. The lowest BCUT2D eigenvalue weighted by Crippen LogP contribution is -2.19. The second kappa shape index (κ2) is 2.97. The number of hydrogen-bond donors (Lipinski definition) is 0. The minimum Gasteiger partial charge on any atom is -0.461 e. The van der Waals surface area contributed by atoms with E-state index in [0.717, 1.165) is 11.3 Å². The summed E-state index contributed by atoms with van der Waals surface area (Å²) in [7, 11) is 0. The third kappa shape index (κ3) is 1.20. The van der Waals surface area contributed by atoms with Gasteiger partial charge in [0.1, 0.15) is 0 Å². The van der Waals surface area contributed by atoms with Crippen molar-refractivity contribution in [1.82, 2.24) is 0 Å². The Labute approximate surface area is 75.3 Å². The second-order valence-electron chi connectivity index (χ2n) is 2.59. The Hall–Kier alpha value is -1.71. The van der Waals surface area contributed by atoms with Crippen molar-refractivity contribution in [2.45, 2.75) is 6.92 Å². The van der Waals surface area contributed by atoms with Gasteiger partial charge in [-0.2, -0.15) is 0 Å². The highest BCUT2D eigenvalue weighted by Gasteiger charge is 2.26. The number of carbonyl (C=O) groups is 1. The van der Waals surface area contributed by atoms with Crippen LogP contribution in [0.2, 0.25) is 0 Å². The molecule has 4 heteroatoms. The Balaban J connectivity index is 2.18. The zero-order chi connectivity index (χ0) is 9.26. The van der Waals surface area contributed by atoms with E-state index in [9.17, 15) is 4.79 Å². The molecular weight excluding hydrogens is 168 g/mol. The van der Waals surface area contributed by atoms with Crippen molar-refractivity contribution in [3.63, 3.8) is 0 Å². The number of fused-ring (bicyclic) bond motifs is 1. The molecule has 0 aromatic carbocycles. The molecule has 0 amide bonds. The summed E-state index contributed by atoms with van der Waals surface area (Å²) in [5.41, 5.74) is 1.81. The van der Waals surface area contributed by atoms with E-state index in [1.807, 2.05) is 18.2 Å². The highest BCUT2D eigenvalue weighted by molar-refractivity contribution is 6.53. The largest absolute Gasteiger partial charge is 0.461 e. The van der Waals surface area contributed by atoms with Gasteiger partial charge in [-0.15, -0.1) is 10.2 Å². The number of rotatable bonds is 2. The molecule has 0 saturated carbocycles. The summed E-state index contributed by atoms with van der Waals surface area (Å²) in [6.45, 7) is 2.12. The van der Waals surface area contributed by atoms with E-state index in [-0.39, 0.29) is 0 Å². The van der Waals surface area contributed by atoms with E-state index in [4.69, 9.17) is 4.74 Å². The number of hydrogen-bond acceptors (Lipinski definition) is 4. The molecule has 1 heterocycles. The second-order valence-corrected chi connectivity index (χ2v) is 2.59.